The number of nitrogens with zero attached hydrogens (tertiary/aromatic N) is 1. The minimum absolute atomic E-state index is 0.0517. The summed E-state index contributed by atoms with van der Waals surface area (Å²) in [7, 11) is 1.78. The van der Waals surface area contributed by atoms with Gasteiger partial charge in [0.05, 0.1) is 0 Å². The monoisotopic (exact) mass is 334 g/mol. The molecule has 0 aliphatic carbocycles. The van der Waals surface area contributed by atoms with Crippen LogP contribution in [-0.4, -0.2) is 42.5 Å². The molecule has 6 nitrogen and oxygen atoms in total. The van der Waals surface area contributed by atoms with Gasteiger partial charge < -0.3 is 21.3 Å². The molecular weight excluding hydrogens is 304 g/mol. The van der Waals surface area contributed by atoms with E-state index < -0.39 is 0 Å². The fourth-order valence-corrected chi connectivity index (χ4v) is 2.12. The van der Waals surface area contributed by atoms with Crippen LogP contribution in [0.1, 0.15) is 44.5 Å². The highest BCUT2D eigenvalue weighted by Crippen LogP contribution is 2.12. The van der Waals surface area contributed by atoms with E-state index in [4.69, 9.17) is 5.73 Å². The van der Waals surface area contributed by atoms with E-state index in [-0.39, 0.29) is 24.0 Å². The maximum absolute atomic E-state index is 12.4. The number of carbonyl (C=O) groups excluding carboxylic acids is 2. The third kappa shape index (κ3) is 6.58. The molecule has 3 amide bonds. The van der Waals surface area contributed by atoms with Crippen molar-refractivity contribution >= 4 is 17.6 Å². The molecule has 0 bridgehead atoms. The summed E-state index contributed by atoms with van der Waals surface area (Å²) in [5, 5.41) is 5.48. The summed E-state index contributed by atoms with van der Waals surface area (Å²) < 4.78 is 0. The molecule has 1 rings (SSSR count). The minimum atomic E-state index is -0.260. The van der Waals surface area contributed by atoms with Crippen LogP contribution in [0.4, 0.5) is 10.5 Å². The zero-order valence-corrected chi connectivity index (χ0v) is 15.3. The number of amides is 3. The van der Waals surface area contributed by atoms with Gasteiger partial charge in [0.15, 0.2) is 0 Å². The highest BCUT2D eigenvalue weighted by atomic mass is 16.2. The molecule has 0 heterocycles. The van der Waals surface area contributed by atoms with Gasteiger partial charge in [-0.2, -0.15) is 0 Å². The van der Waals surface area contributed by atoms with E-state index in [9.17, 15) is 9.59 Å². The number of nitrogens with one attached hydrogen (secondary N) is 2. The molecule has 1 aromatic rings. The van der Waals surface area contributed by atoms with Gasteiger partial charge >= 0.3 is 6.03 Å². The normalized spacial score (nSPS) is 12.2. The number of carbonyl (C=O) groups is 2. The molecule has 0 fully saturated rings. The van der Waals surface area contributed by atoms with Gasteiger partial charge in [0.1, 0.15) is 0 Å². The third-order valence-corrected chi connectivity index (χ3v) is 3.81. The molecule has 0 radical (unpaired) electrons. The molecule has 134 valence electrons. The second-order valence-corrected chi connectivity index (χ2v) is 6.75. The van der Waals surface area contributed by atoms with E-state index in [0.717, 1.165) is 6.42 Å². The van der Waals surface area contributed by atoms with E-state index in [2.05, 4.69) is 24.5 Å². The van der Waals surface area contributed by atoms with E-state index >= 15 is 0 Å². The molecule has 0 aliphatic heterocycles. The first-order chi connectivity index (χ1) is 11.2. The van der Waals surface area contributed by atoms with Crippen molar-refractivity contribution < 1.29 is 9.59 Å². The second-order valence-electron chi connectivity index (χ2n) is 6.75. The van der Waals surface area contributed by atoms with Gasteiger partial charge in [-0.3, -0.25) is 4.79 Å². The molecule has 6 heteroatoms. The number of hydrogen-bond acceptors (Lipinski definition) is 3. The van der Waals surface area contributed by atoms with Gasteiger partial charge in [-0.1, -0.05) is 13.8 Å². The summed E-state index contributed by atoms with van der Waals surface area (Å²) in [6, 6.07) is 6.77. The third-order valence-electron chi connectivity index (χ3n) is 3.81. The average molecular weight is 334 g/mol. The van der Waals surface area contributed by atoms with E-state index in [1.165, 1.54) is 0 Å². The Kier molecular flexibility index (Phi) is 7.71. The summed E-state index contributed by atoms with van der Waals surface area (Å²) in [4.78, 5) is 25.7. The molecule has 24 heavy (non-hydrogen) atoms. The Bertz CT molecular complexity index is 540. The number of benzene rings is 1. The largest absolute Gasteiger partial charge is 0.342 e. The van der Waals surface area contributed by atoms with Crippen molar-refractivity contribution in [3.63, 3.8) is 0 Å². The van der Waals surface area contributed by atoms with E-state index in [0.29, 0.717) is 23.7 Å². The number of nitrogens with two attached hydrogens (primary N) is 1. The van der Waals surface area contributed by atoms with Crippen LogP contribution in [0.3, 0.4) is 0 Å². The Morgan fingerprint density at radius 2 is 1.71 bits per heavy atom. The van der Waals surface area contributed by atoms with Gasteiger partial charge in [0.2, 0.25) is 0 Å². The Balaban J connectivity index is 2.58. The Hall–Kier alpha value is -2.08. The van der Waals surface area contributed by atoms with Crippen LogP contribution in [-0.2, 0) is 0 Å². The Morgan fingerprint density at radius 3 is 2.21 bits per heavy atom. The van der Waals surface area contributed by atoms with Crippen molar-refractivity contribution in [2.75, 3.05) is 18.9 Å². The molecule has 1 unspecified atom stereocenters. The highest BCUT2D eigenvalue weighted by Gasteiger charge is 2.14. The van der Waals surface area contributed by atoms with Gasteiger partial charge in [-0.05, 0) is 50.5 Å². The quantitative estimate of drug-likeness (QED) is 0.716. The van der Waals surface area contributed by atoms with Gasteiger partial charge in [-0.15, -0.1) is 0 Å². The minimum Gasteiger partial charge on any atom is -0.342 e. The lowest BCUT2D eigenvalue weighted by atomic mass is 10.0. The van der Waals surface area contributed by atoms with Crippen LogP contribution < -0.4 is 16.4 Å². The number of rotatable bonds is 7. The lowest BCUT2D eigenvalue weighted by molar-refractivity contribution is 0.0789. The van der Waals surface area contributed by atoms with E-state index in [1.807, 2.05) is 13.8 Å². The lowest BCUT2D eigenvalue weighted by Crippen LogP contribution is -2.35. The Labute approximate surface area is 144 Å². The Morgan fingerprint density at radius 1 is 1.12 bits per heavy atom. The summed E-state index contributed by atoms with van der Waals surface area (Å²) in [5.41, 5.74) is 7.26. The topological polar surface area (TPSA) is 87.5 Å². The van der Waals surface area contributed by atoms with Crippen molar-refractivity contribution in [1.29, 1.82) is 0 Å². The molecule has 0 spiro atoms. The molecule has 1 aromatic carbocycles. The highest BCUT2D eigenvalue weighted by molar-refractivity contribution is 5.95. The van der Waals surface area contributed by atoms with Crippen molar-refractivity contribution in [3.05, 3.63) is 29.8 Å². The number of urea groups is 1. The molecule has 0 aromatic heterocycles. The van der Waals surface area contributed by atoms with E-state index in [1.54, 1.807) is 36.2 Å². The molecule has 1 atom stereocenters. The first kappa shape index (κ1) is 20.0. The summed E-state index contributed by atoms with van der Waals surface area (Å²) in [6.45, 7) is 8.56. The maximum atomic E-state index is 12.4. The zero-order valence-electron chi connectivity index (χ0n) is 15.3. The average Bonchev–Trinajstić information content (AvgIpc) is 2.51. The summed E-state index contributed by atoms with van der Waals surface area (Å²) in [5.74, 6) is 0.347. The van der Waals surface area contributed by atoms with Crippen LogP contribution in [0.2, 0.25) is 0 Å². The molecule has 0 saturated heterocycles. The fraction of sp³-hybridized carbons (Fsp3) is 0.556. The first-order valence-corrected chi connectivity index (χ1v) is 8.39. The van der Waals surface area contributed by atoms with Crippen LogP contribution >= 0.6 is 0 Å². The van der Waals surface area contributed by atoms with Crippen LogP contribution in [0.5, 0.6) is 0 Å². The number of anilines is 1. The van der Waals surface area contributed by atoms with Gasteiger partial charge in [0, 0.05) is 36.9 Å². The second kappa shape index (κ2) is 9.27. The molecule has 0 aliphatic rings. The molecular formula is C18H30N4O2. The van der Waals surface area contributed by atoms with Crippen molar-refractivity contribution in [2.45, 2.75) is 46.2 Å². The SMILES string of the molecule is CC(C)NC(=O)Nc1ccc(C(=O)N(C)CCC(N)C(C)C)cc1. The molecule has 0 saturated carbocycles. The fourth-order valence-electron chi connectivity index (χ4n) is 2.12. The zero-order chi connectivity index (χ0) is 18.3. The standard InChI is InChI=1S/C18H30N4O2/c1-12(2)16(19)10-11-22(5)17(23)14-6-8-15(9-7-14)21-18(24)20-13(3)4/h6-9,12-13,16H,10-11,19H2,1-5H3,(H2,20,21,24). The van der Waals surface area contributed by atoms with Crippen LogP contribution in [0.15, 0.2) is 24.3 Å². The van der Waals surface area contributed by atoms with Gasteiger partial charge in [0.25, 0.3) is 5.91 Å². The van der Waals surface area contributed by atoms with Crippen molar-refractivity contribution in [1.82, 2.24) is 10.2 Å². The lowest BCUT2D eigenvalue weighted by Gasteiger charge is -2.21. The predicted molar refractivity (Wildman–Crippen MR) is 98.1 cm³/mol. The summed E-state index contributed by atoms with van der Waals surface area (Å²) >= 11 is 0. The first-order valence-electron chi connectivity index (χ1n) is 8.39. The van der Waals surface area contributed by atoms with Crippen molar-refractivity contribution in [3.8, 4) is 0 Å². The van der Waals surface area contributed by atoms with Crippen LogP contribution in [0.25, 0.3) is 0 Å². The van der Waals surface area contributed by atoms with Crippen molar-refractivity contribution in [2.24, 2.45) is 11.7 Å². The van der Waals surface area contributed by atoms with Gasteiger partial charge in [-0.25, -0.2) is 4.79 Å². The number of hydrogen-bond donors (Lipinski definition) is 3. The smallest absolute Gasteiger partial charge is 0.319 e. The summed E-state index contributed by atoms with van der Waals surface area (Å²) in [6.07, 6.45) is 0.773. The predicted octanol–water partition coefficient (Wildman–Crippen LogP) is 2.66. The molecule has 4 N–H and O–H groups in total. The maximum Gasteiger partial charge on any atom is 0.319 e. The van der Waals surface area contributed by atoms with Crippen LogP contribution in [0, 0.1) is 5.92 Å².